The summed E-state index contributed by atoms with van der Waals surface area (Å²) < 4.78 is 5.20. The van der Waals surface area contributed by atoms with Gasteiger partial charge in [-0.3, -0.25) is 0 Å². The van der Waals surface area contributed by atoms with Gasteiger partial charge in [-0.05, 0) is 49.6 Å². The van der Waals surface area contributed by atoms with Gasteiger partial charge in [0.2, 0.25) is 0 Å². The van der Waals surface area contributed by atoms with Crippen molar-refractivity contribution < 1.29 is 9.53 Å². The van der Waals surface area contributed by atoms with Crippen LogP contribution in [0.2, 0.25) is 0 Å². The number of anilines is 1. The molecule has 4 nitrogen and oxygen atoms in total. The van der Waals surface area contributed by atoms with Crippen LogP contribution >= 0.6 is 11.8 Å². The zero-order valence-electron chi connectivity index (χ0n) is 13.7. The summed E-state index contributed by atoms with van der Waals surface area (Å²) in [6.45, 7) is 4.58. The maximum atomic E-state index is 12.4. The Kier molecular flexibility index (Phi) is 6.58. The van der Waals surface area contributed by atoms with Gasteiger partial charge in [0.25, 0.3) is 0 Å². The molecule has 2 rings (SSSR count). The Hall–Kier alpha value is -1.20. The van der Waals surface area contributed by atoms with E-state index >= 15 is 0 Å². The number of ether oxygens (including phenoxy) is 1. The molecule has 0 radical (unpaired) electrons. The highest BCUT2D eigenvalue weighted by Gasteiger charge is 2.22. The first-order valence-corrected chi connectivity index (χ1v) is 9.10. The van der Waals surface area contributed by atoms with Crippen LogP contribution in [0.15, 0.2) is 24.3 Å². The normalized spacial score (nSPS) is 17.3. The lowest BCUT2D eigenvalue weighted by Crippen LogP contribution is -2.41. The van der Waals surface area contributed by atoms with Crippen LogP contribution < -0.4 is 5.32 Å². The fraction of sp³-hybridized carbons (Fsp3) is 0.588. The first-order chi connectivity index (χ1) is 10.6. The summed E-state index contributed by atoms with van der Waals surface area (Å²) in [5, 5.41) is 3.46. The smallest absolute Gasteiger partial charge is 0.321 e. The van der Waals surface area contributed by atoms with E-state index in [1.54, 1.807) is 18.9 Å². The number of nitrogens with one attached hydrogen (secondary N) is 1. The average Bonchev–Trinajstić information content (AvgIpc) is 2.55. The summed E-state index contributed by atoms with van der Waals surface area (Å²) in [6, 6.07) is 8.13. The third-order valence-electron chi connectivity index (χ3n) is 4.26. The lowest BCUT2D eigenvalue weighted by Gasteiger charge is -2.31. The molecule has 0 bridgehead atoms. The zero-order valence-corrected chi connectivity index (χ0v) is 14.5. The predicted molar refractivity (Wildman–Crippen MR) is 93.6 cm³/mol. The van der Waals surface area contributed by atoms with E-state index in [0.717, 1.165) is 38.2 Å². The summed E-state index contributed by atoms with van der Waals surface area (Å²) in [6.07, 6.45) is 4.13. The molecule has 122 valence electrons. The number of hydrogen-bond donors (Lipinski definition) is 1. The molecule has 1 aliphatic rings. The van der Waals surface area contributed by atoms with E-state index < -0.39 is 0 Å². The van der Waals surface area contributed by atoms with Crippen LogP contribution in [0.1, 0.15) is 30.6 Å². The third kappa shape index (κ3) is 4.65. The van der Waals surface area contributed by atoms with Crippen molar-refractivity contribution >= 4 is 23.5 Å². The molecular formula is C17H26N2O2S. The molecule has 0 unspecified atom stereocenters. The van der Waals surface area contributed by atoms with Crippen molar-refractivity contribution in [2.75, 3.05) is 38.4 Å². The van der Waals surface area contributed by atoms with Crippen LogP contribution in [0.5, 0.6) is 0 Å². The van der Waals surface area contributed by atoms with Crippen LogP contribution in [0.4, 0.5) is 10.5 Å². The minimum absolute atomic E-state index is 0.00446. The van der Waals surface area contributed by atoms with Crippen molar-refractivity contribution in [3.63, 3.8) is 0 Å². The number of benzene rings is 1. The van der Waals surface area contributed by atoms with Gasteiger partial charge in [-0.15, -0.1) is 0 Å². The molecule has 1 aromatic rings. The summed E-state index contributed by atoms with van der Waals surface area (Å²) in [5.41, 5.74) is 2.12. The summed E-state index contributed by atoms with van der Waals surface area (Å²) in [7, 11) is 1.74. The van der Waals surface area contributed by atoms with E-state index in [1.165, 1.54) is 5.56 Å². The molecule has 1 N–H and O–H groups in total. The van der Waals surface area contributed by atoms with Gasteiger partial charge < -0.3 is 15.0 Å². The summed E-state index contributed by atoms with van der Waals surface area (Å²) in [5.74, 6) is 0.583. The molecule has 0 spiro atoms. The molecule has 1 aliphatic heterocycles. The Balaban J connectivity index is 1.90. The average molecular weight is 322 g/mol. The lowest BCUT2D eigenvalue weighted by atomic mass is 9.98. The molecule has 0 aromatic heterocycles. The number of carbonyl (C=O) groups is 1. The number of thioether (sulfide) groups is 1. The number of nitrogens with zero attached hydrogens (tertiary/aromatic N) is 1. The van der Waals surface area contributed by atoms with Crippen LogP contribution in [-0.4, -0.2) is 44.0 Å². The first kappa shape index (κ1) is 17.2. The zero-order chi connectivity index (χ0) is 15.9. The van der Waals surface area contributed by atoms with Gasteiger partial charge in [-0.2, -0.15) is 11.8 Å². The highest BCUT2D eigenvalue weighted by molar-refractivity contribution is 7.98. The van der Waals surface area contributed by atoms with Crippen LogP contribution in [0.25, 0.3) is 0 Å². The highest BCUT2D eigenvalue weighted by Crippen LogP contribution is 2.27. The predicted octanol–water partition coefficient (Wildman–Crippen LogP) is 4.00. The van der Waals surface area contributed by atoms with Crippen molar-refractivity contribution in [3.8, 4) is 0 Å². The Bertz CT molecular complexity index is 487. The molecule has 1 saturated heterocycles. The summed E-state index contributed by atoms with van der Waals surface area (Å²) >= 11 is 1.80. The second kappa shape index (κ2) is 8.44. The van der Waals surface area contributed by atoms with Crippen LogP contribution in [0.3, 0.4) is 0 Å². The Morgan fingerprint density at radius 2 is 2.18 bits per heavy atom. The maximum Gasteiger partial charge on any atom is 0.321 e. The molecule has 0 aliphatic carbocycles. The molecule has 0 saturated carbocycles. The van der Waals surface area contributed by atoms with Crippen LogP contribution in [-0.2, 0) is 4.74 Å². The fourth-order valence-corrected chi connectivity index (χ4v) is 3.17. The van der Waals surface area contributed by atoms with Gasteiger partial charge in [-0.1, -0.05) is 12.1 Å². The fourth-order valence-electron chi connectivity index (χ4n) is 2.75. The van der Waals surface area contributed by atoms with Crippen molar-refractivity contribution in [1.82, 2.24) is 4.90 Å². The number of methoxy groups -OCH3 is 1. The van der Waals surface area contributed by atoms with Gasteiger partial charge >= 0.3 is 6.03 Å². The van der Waals surface area contributed by atoms with E-state index in [-0.39, 0.29) is 6.03 Å². The minimum Gasteiger partial charge on any atom is -0.384 e. The van der Waals surface area contributed by atoms with E-state index in [9.17, 15) is 4.79 Å². The Morgan fingerprint density at radius 3 is 2.82 bits per heavy atom. The van der Waals surface area contributed by atoms with E-state index in [2.05, 4.69) is 30.6 Å². The maximum absolute atomic E-state index is 12.4. The largest absolute Gasteiger partial charge is 0.384 e. The number of hydrogen-bond acceptors (Lipinski definition) is 3. The van der Waals surface area contributed by atoms with Crippen molar-refractivity contribution in [3.05, 3.63) is 29.8 Å². The number of urea groups is 1. The molecule has 1 heterocycles. The SMILES string of the molecule is COCC1CCN(C(=O)Nc2cccc([C@H](C)SC)c2)CC1. The first-order valence-electron chi connectivity index (χ1n) is 7.81. The van der Waals surface area contributed by atoms with Crippen LogP contribution in [0, 0.1) is 5.92 Å². The molecule has 22 heavy (non-hydrogen) atoms. The van der Waals surface area contributed by atoms with Gasteiger partial charge in [-0.25, -0.2) is 4.79 Å². The molecule has 1 aromatic carbocycles. The van der Waals surface area contributed by atoms with Crippen molar-refractivity contribution in [2.45, 2.75) is 25.0 Å². The van der Waals surface area contributed by atoms with E-state index in [1.807, 2.05) is 17.0 Å². The van der Waals surface area contributed by atoms with E-state index in [4.69, 9.17) is 4.74 Å². The van der Waals surface area contributed by atoms with Crippen molar-refractivity contribution in [2.24, 2.45) is 5.92 Å². The monoisotopic (exact) mass is 322 g/mol. The van der Waals surface area contributed by atoms with Gasteiger partial charge in [0, 0.05) is 37.7 Å². The van der Waals surface area contributed by atoms with Crippen molar-refractivity contribution in [1.29, 1.82) is 0 Å². The van der Waals surface area contributed by atoms with E-state index in [0.29, 0.717) is 11.2 Å². The third-order valence-corrected chi connectivity index (χ3v) is 5.24. The second-order valence-electron chi connectivity index (χ2n) is 5.82. The Labute approximate surface area is 137 Å². The molecule has 1 fully saturated rings. The molecule has 5 heteroatoms. The standard InChI is InChI=1S/C17H26N2O2S/c1-13(22-3)15-5-4-6-16(11-15)18-17(20)19-9-7-14(8-10-19)12-21-2/h4-6,11,13-14H,7-10,12H2,1-3H3,(H,18,20)/t13-/m0/s1. The molecule has 2 amide bonds. The second-order valence-corrected chi connectivity index (χ2v) is 7.00. The van der Waals surface area contributed by atoms with Gasteiger partial charge in [0.05, 0.1) is 0 Å². The molecule has 1 atom stereocenters. The number of rotatable bonds is 5. The van der Waals surface area contributed by atoms with Gasteiger partial charge in [0.1, 0.15) is 0 Å². The highest BCUT2D eigenvalue weighted by atomic mass is 32.2. The number of piperidine rings is 1. The summed E-state index contributed by atoms with van der Waals surface area (Å²) in [4.78, 5) is 14.3. The minimum atomic E-state index is 0.00446. The topological polar surface area (TPSA) is 41.6 Å². The number of amides is 2. The van der Waals surface area contributed by atoms with Gasteiger partial charge in [0.15, 0.2) is 0 Å². The number of likely N-dealkylation sites (tertiary alicyclic amines) is 1. The Morgan fingerprint density at radius 1 is 1.45 bits per heavy atom. The quantitative estimate of drug-likeness (QED) is 0.891. The molecular weight excluding hydrogens is 296 g/mol. The number of carbonyl (C=O) groups excluding carboxylic acids is 1. The lowest BCUT2D eigenvalue weighted by molar-refractivity contribution is 0.110.